The number of carbonyl (C=O) groups excluding carboxylic acids is 5. The molecule has 1 saturated heterocycles. The number of rotatable bonds is 12. The van der Waals surface area contributed by atoms with Crippen LogP contribution < -0.4 is 4.74 Å². The molecule has 45 heavy (non-hydrogen) atoms. The van der Waals surface area contributed by atoms with Gasteiger partial charge in [-0.3, -0.25) is 29.0 Å². The van der Waals surface area contributed by atoms with Gasteiger partial charge in [-0.1, -0.05) is 23.4 Å². The third-order valence-corrected chi connectivity index (χ3v) is 6.00. The van der Waals surface area contributed by atoms with Crippen LogP contribution in [0.1, 0.15) is 43.6 Å². The molecule has 2 aromatic rings. The van der Waals surface area contributed by atoms with E-state index in [4.69, 9.17) is 28.4 Å². The average molecular weight is 626 g/mol. The fourth-order valence-corrected chi connectivity index (χ4v) is 4.18. The van der Waals surface area contributed by atoms with Crippen LogP contribution in [0, 0.1) is 0 Å². The number of esters is 4. The summed E-state index contributed by atoms with van der Waals surface area (Å²) in [6, 6.07) is 13.2. The molecule has 0 bridgehead atoms. The first-order valence-corrected chi connectivity index (χ1v) is 13.8. The van der Waals surface area contributed by atoms with Crippen LogP contribution in [-0.4, -0.2) is 86.1 Å². The Morgan fingerprint density at radius 1 is 0.778 bits per heavy atom. The van der Waals surface area contributed by atoms with Gasteiger partial charge < -0.3 is 28.4 Å². The van der Waals surface area contributed by atoms with Crippen molar-refractivity contribution in [2.24, 2.45) is 10.3 Å². The van der Waals surface area contributed by atoms with Crippen molar-refractivity contribution in [2.45, 2.75) is 58.4 Å². The van der Waals surface area contributed by atoms with E-state index >= 15 is 0 Å². The number of benzene rings is 2. The monoisotopic (exact) mass is 625 g/mol. The lowest BCUT2D eigenvalue weighted by molar-refractivity contribution is -0.288. The maximum atomic E-state index is 12.6. The summed E-state index contributed by atoms with van der Waals surface area (Å²) in [7, 11) is 3.50. The number of ether oxygens (including phenoxy) is 6. The molecule has 14 nitrogen and oxygen atoms in total. The third-order valence-electron chi connectivity index (χ3n) is 6.00. The lowest BCUT2D eigenvalue weighted by Gasteiger charge is -2.43. The second kappa shape index (κ2) is 16.1. The summed E-state index contributed by atoms with van der Waals surface area (Å²) in [6.45, 7) is 4.21. The highest BCUT2D eigenvalue weighted by Gasteiger charge is 2.53. The second-order valence-electron chi connectivity index (χ2n) is 10.0. The maximum Gasteiger partial charge on any atom is 0.303 e. The van der Waals surface area contributed by atoms with E-state index in [0.29, 0.717) is 16.8 Å². The van der Waals surface area contributed by atoms with Crippen LogP contribution in [-0.2, 0) is 42.9 Å². The lowest BCUT2D eigenvalue weighted by Crippen LogP contribution is -2.63. The van der Waals surface area contributed by atoms with Gasteiger partial charge in [-0.15, -0.1) is 5.11 Å². The lowest BCUT2D eigenvalue weighted by atomic mass is 9.98. The minimum atomic E-state index is -1.37. The highest BCUT2D eigenvalue weighted by molar-refractivity contribution is 6.06. The number of hydrogen-bond acceptors (Lipinski definition) is 13. The Kier molecular flexibility index (Phi) is 12.3. The molecule has 3 rings (SSSR count). The van der Waals surface area contributed by atoms with Crippen molar-refractivity contribution < 1.29 is 52.4 Å². The molecular weight excluding hydrogens is 590 g/mol. The SMILES string of the molecule is CC(=O)OC[C@@H]1O[C@H](Oc2ccc(/C=C/C(=O)c3ccc(N=NN(C)C)cc3)cc2)[C@@H](OC(C)=O)[C@H](OC(C)=O)[C@H]1OC(C)=O. The molecule has 0 radical (unpaired) electrons. The molecule has 5 atom stereocenters. The molecule has 1 aliphatic rings. The third kappa shape index (κ3) is 10.8. The van der Waals surface area contributed by atoms with Gasteiger partial charge in [0.15, 0.2) is 18.0 Å². The summed E-state index contributed by atoms with van der Waals surface area (Å²) in [5, 5.41) is 9.51. The van der Waals surface area contributed by atoms with Gasteiger partial charge in [-0.2, -0.15) is 0 Å². The predicted molar refractivity (Wildman–Crippen MR) is 157 cm³/mol. The molecule has 1 fully saturated rings. The highest BCUT2D eigenvalue weighted by Crippen LogP contribution is 2.31. The van der Waals surface area contributed by atoms with Crippen molar-refractivity contribution in [1.82, 2.24) is 5.01 Å². The van der Waals surface area contributed by atoms with Crippen molar-refractivity contribution in [1.29, 1.82) is 0 Å². The summed E-state index contributed by atoms with van der Waals surface area (Å²) >= 11 is 0. The first kappa shape index (κ1) is 34.4. The Morgan fingerprint density at radius 3 is 1.91 bits per heavy atom. The van der Waals surface area contributed by atoms with E-state index in [1.54, 1.807) is 73.7 Å². The number of nitrogens with zero attached hydrogens (tertiary/aromatic N) is 3. The zero-order chi connectivity index (χ0) is 33.1. The van der Waals surface area contributed by atoms with Crippen LogP contribution in [0.2, 0.25) is 0 Å². The number of ketones is 1. The van der Waals surface area contributed by atoms with E-state index in [0.717, 1.165) is 20.8 Å². The van der Waals surface area contributed by atoms with Gasteiger partial charge in [0.25, 0.3) is 0 Å². The molecule has 14 heteroatoms. The molecule has 0 unspecified atom stereocenters. The van der Waals surface area contributed by atoms with E-state index in [1.807, 2.05) is 0 Å². The molecule has 0 spiro atoms. The zero-order valence-corrected chi connectivity index (χ0v) is 25.7. The van der Waals surface area contributed by atoms with Crippen molar-refractivity contribution in [3.8, 4) is 5.75 Å². The minimum absolute atomic E-state index is 0.219. The Hall–Kier alpha value is -5.11. The molecule has 1 aliphatic heterocycles. The normalized spacial score (nSPS) is 21.2. The van der Waals surface area contributed by atoms with E-state index in [2.05, 4.69) is 10.3 Å². The Balaban J connectivity index is 1.79. The Morgan fingerprint density at radius 2 is 1.36 bits per heavy atom. The van der Waals surface area contributed by atoms with Gasteiger partial charge in [0.2, 0.25) is 12.4 Å². The number of hydrogen-bond donors (Lipinski definition) is 0. The standard InChI is InChI=1S/C31H35N3O11/c1-18(35)40-17-27-28(41-19(2)36)29(42-20(3)37)30(43-21(4)38)31(45-27)44-25-14-7-22(8-15-25)9-16-26(39)23-10-12-24(13-11-23)32-33-34(5)6/h7-16,27-31H,17H2,1-6H3/b16-9+,33-32?/t27-,28-,29+,30-,31-/m0/s1. The van der Waals surface area contributed by atoms with E-state index in [1.165, 1.54) is 13.0 Å². The largest absolute Gasteiger partial charge is 0.463 e. The summed E-state index contributed by atoms with van der Waals surface area (Å²) in [4.78, 5) is 60.1. The Bertz CT molecular complexity index is 1420. The van der Waals surface area contributed by atoms with Crippen LogP contribution in [0.15, 0.2) is 64.9 Å². The molecule has 1 heterocycles. The van der Waals surface area contributed by atoms with Crippen LogP contribution >= 0.6 is 0 Å². The molecular formula is C31H35N3O11. The second-order valence-corrected chi connectivity index (χ2v) is 10.0. The topological polar surface area (TPSA) is 169 Å². The molecule has 2 aromatic carbocycles. The molecule has 0 amide bonds. The summed E-state index contributed by atoms with van der Waals surface area (Å²) < 4.78 is 33.2. The van der Waals surface area contributed by atoms with E-state index in [-0.39, 0.29) is 18.1 Å². The molecule has 0 N–H and O–H groups in total. The summed E-state index contributed by atoms with van der Waals surface area (Å²) in [5.74, 6) is -2.81. The van der Waals surface area contributed by atoms with Crippen LogP contribution in [0.25, 0.3) is 6.08 Å². The fraction of sp³-hybridized carbons (Fsp3) is 0.387. The van der Waals surface area contributed by atoms with Crippen LogP contribution in [0.4, 0.5) is 5.69 Å². The molecule has 0 saturated carbocycles. The fourth-order valence-electron chi connectivity index (χ4n) is 4.18. The van der Waals surface area contributed by atoms with Crippen molar-refractivity contribution in [2.75, 3.05) is 20.7 Å². The summed E-state index contributed by atoms with van der Waals surface area (Å²) in [5.41, 5.74) is 1.75. The maximum absolute atomic E-state index is 12.6. The van der Waals surface area contributed by atoms with Gasteiger partial charge in [0.05, 0.1) is 5.69 Å². The van der Waals surface area contributed by atoms with Gasteiger partial charge in [0, 0.05) is 47.4 Å². The van der Waals surface area contributed by atoms with Gasteiger partial charge in [-0.05, 0) is 48.0 Å². The van der Waals surface area contributed by atoms with E-state index < -0.39 is 54.6 Å². The van der Waals surface area contributed by atoms with Gasteiger partial charge in [0.1, 0.15) is 18.5 Å². The highest BCUT2D eigenvalue weighted by atomic mass is 16.7. The Labute approximate surface area is 259 Å². The quantitative estimate of drug-likeness (QED) is 0.0840. The molecule has 0 aromatic heterocycles. The number of allylic oxidation sites excluding steroid dienone is 1. The molecule has 240 valence electrons. The predicted octanol–water partition coefficient (Wildman–Crippen LogP) is 3.60. The first-order chi connectivity index (χ1) is 21.3. The van der Waals surface area contributed by atoms with Crippen molar-refractivity contribution in [3.63, 3.8) is 0 Å². The molecule has 0 aliphatic carbocycles. The van der Waals surface area contributed by atoms with Gasteiger partial charge >= 0.3 is 23.9 Å². The first-order valence-electron chi connectivity index (χ1n) is 13.8. The van der Waals surface area contributed by atoms with Crippen LogP contribution in [0.5, 0.6) is 5.75 Å². The van der Waals surface area contributed by atoms with Crippen molar-refractivity contribution >= 4 is 41.4 Å². The summed E-state index contributed by atoms with van der Waals surface area (Å²) in [6.07, 6.45) is -3.47. The van der Waals surface area contributed by atoms with Gasteiger partial charge in [-0.25, -0.2) is 0 Å². The number of carbonyl (C=O) groups is 5. The smallest absolute Gasteiger partial charge is 0.303 e. The van der Waals surface area contributed by atoms with Crippen molar-refractivity contribution in [3.05, 3.63) is 65.7 Å². The van der Waals surface area contributed by atoms with Crippen LogP contribution in [0.3, 0.4) is 0 Å². The minimum Gasteiger partial charge on any atom is -0.463 e. The van der Waals surface area contributed by atoms with E-state index in [9.17, 15) is 24.0 Å². The zero-order valence-electron chi connectivity index (χ0n) is 25.7. The average Bonchev–Trinajstić information content (AvgIpc) is 2.97.